The normalized spacial score (nSPS) is 12.1. The average molecular weight is 300 g/mol. The van der Waals surface area contributed by atoms with Crippen LogP contribution in [0.1, 0.15) is 28.4 Å². The van der Waals surface area contributed by atoms with Gasteiger partial charge in [0.2, 0.25) is 0 Å². The van der Waals surface area contributed by atoms with Gasteiger partial charge in [-0.3, -0.25) is 10.1 Å². The smallest absolute Gasteiger partial charge is 0.272 e. The third kappa shape index (κ3) is 4.13. The molecule has 2 N–H and O–H groups in total. The van der Waals surface area contributed by atoms with E-state index in [9.17, 15) is 15.2 Å². The van der Waals surface area contributed by atoms with Gasteiger partial charge < -0.3 is 10.4 Å². The van der Waals surface area contributed by atoms with Crippen LogP contribution >= 0.6 is 0 Å². The Kier molecular flexibility index (Phi) is 5.25. The maximum Gasteiger partial charge on any atom is 0.272 e. The van der Waals surface area contributed by atoms with Crippen molar-refractivity contribution in [3.63, 3.8) is 0 Å². The minimum absolute atomic E-state index is 0.124. The van der Waals surface area contributed by atoms with Gasteiger partial charge in [-0.05, 0) is 25.0 Å². The van der Waals surface area contributed by atoms with E-state index in [2.05, 4.69) is 5.32 Å². The lowest BCUT2D eigenvalue weighted by molar-refractivity contribution is -0.385. The first kappa shape index (κ1) is 16.1. The molecule has 0 aromatic heterocycles. The molecule has 0 aliphatic carbocycles. The van der Waals surface area contributed by atoms with E-state index in [4.69, 9.17) is 0 Å². The minimum Gasteiger partial charge on any atom is -0.387 e. The van der Waals surface area contributed by atoms with Crippen LogP contribution in [0.15, 0.2) is 42.5 Å². The molecule has 1 unspecified atom stereocenters. The van der Waals surface area contributed by atoms with Crippen LogP contribution < -0.4 is 5.32 Å². The quantitative estimate of drug-likeness (QED) is 0.635. The van der Waals surface area contributed by atoms with Gasteiger partial charge in [-0.25, -0.2) is 0 Å². The van der Waals surface area contributed by atoms with Crippen molar-refractivity contribution in [1.82, 2.24) is 5.32 Å². The molecule has 0 aliphatic heterocycles. The summed E-state index contributed by atoms with van der Waals surface area (Å²) in [5.41, 5.74) is 3.60. The zero-order valence-electron chi connectivity index (χ0n) is 12.7. The summed E-state index contributed by atoms with van der Waals surface area (Å²) in [5, 5.41) is 24.1. The van der Waals surface area contributed by atoms with E-state index in [0.717, 1.165) is 16.7 Å². The van der Waals surface area contributed by atoms with E-state index in [1.807, 2.05) is 37.3 Å². The summed E-state index contributed by atoms with van der Waals surface area (Å²) in [6.07, 6.45) is -0.596. The van der Waals surface area contributed by atoms with Crippen LogP contribution in [-0.4, -0.2) is 16.6 Å². The number of nitro groups is 1. The standard InChI is InChI=1S/C17H20N2O3/c1-12-3-7-15(8-4-12)17(20)11-18-10-14-6-5-13(2)16(9-14)19(21)22/h3-9,17-18,20H,10-11H2,1-2H3. The fourth-order valence-electron chi connectivity index (χ4n) is 2.22. The molecular weight excluding hydrogens is 280 g/mol. The Bertz CT molecular complexity index is 653. The molecule has 0 saturated carbocycles. The minimum atomic E-state index is -0.596. The van der Waals surface area contributed by atoms with Crippen molar-refractivity contribution in [2.75, 3.05) is 6.54 Å². The number of aliphatic hydroxyl groups excluding tert-OH is 1. The number of hydrogen-bond donors (Lipinski definition) is 2. The van der Waals surface area contributed by atoms with Gasteiger partial charge in [-0.15, -0.1) is 0 Å². The number of nitro benzene ring substituents is 1. The van der Waals surface area contributed by atoms with Crippen molar-refractivity contribution >= 4 is 5.69 Å². The Morgan fingerprint density at radius 1 is 1.18 bits per heavy atom. The molecule has 0 fully saturated rings. The summed E-state index contributed by atoms with van der Waals surface area (Å²) in [6, 6.07) is 12.9. The van der Waals surface area contributed by atoms with E-state index in [1.54, 1.807) is 19.1 Å². The van der Waals surface area contributed by atoms with Crippen molar-refractivity contribution in [3.8, 4) is 0 Å². The summed E-state index contributed by atoms with van der Waals surface area (Å²) in [7, 11) is 0. The Balaban J connectivity index is 1.92. The summed E-state index contributed by atoms with van der Waals surface area (Å²) >= 11 is 0. The second kappa shape index (κ2) is 7.15. The maximum atomic E-state index is 10.9. The molecule has 0 amide bonds. The monoisotopic (exact) mass is 300 g/mol. The molecule has 0 saturated heterocycles. The van der Waals surface area contributed by atoms with Crippen LogP contribution in [0, 0.1) is 24.0 Å². The van der Waals surface area contributed by atoms with Gasteiger partial charge in [0.1, 0.15) is 0 Å². The third-order valence-electron chi connectivity index (χ3n) is 3.60. The molecule has 5 heteroatoms. The Morgan fingerprint density at radius 3 is 2.50 bits per heavy atom. The molecule has 5 nitrogen and oxygen atoms in total. The van der Waals surface area contributed by atoms with Crippen molar-refractivity contribution < 1.29 is 10.0 Å². The van der Waals surface area contributed by atoms with E-state index < -0.39 is 6.10 Å². The van der Waals surface area contributed by atoms with Gasteiger partial charge in [-0.2, -0.15) is 0 Å². The van der Waals surface area contributed by atoms with Crippen LogP contribution in [0.3, 0.4) is 0 Å². The van der Waals surface area contributed by atoms with E-state index in [-0.39, 0.29) is 10.6 Å². The number of hydrogen-bond acceptors (Lipinski definition) is 4. The zero-order chi connectivity index (χ0) is 16.1. The fourth-order valence-corrected chi connectivity index (χ4v) is 2.22. The lowest BCUT2D eigenvalue weighted by Crippen LogP contribution is -2.21. The first-order chi connectivity index (χ1) is 10.5. The van der Waals surface area contributed by atoms with E-state index >= 15 is 0 Å². The summed E-state index contributed by atoms with van der Waals surface area (Å²) < 4.78 is 0. The van der Waals surface area contributed by atoms with Crippen LogP contribution in [0.4, 0.5) is 5.69 Å². The average Bonchev–Trinajstić information content (AvgIpc) is 2.49. The van der Waals surface area contributed by atoms with E-state index in [1.165, 1.54) is 0 Å². The number of benzene rings is 2. The molecular formula is C17H20N2O3. The molecule has 0 spiro atoms. The van der Waals surface area contributed by atoms with Crippen LogP contribution in [0.2, 0.25) is 0 Å². The van der Waals surface area contributed by atoms with Crippen molar-refractivity contribution in [1.29, 1.82) is 0 Å². The second-order valence-electron chi connectivity index (χ2n) is 5.44. The topological polar surface area (TPSA) is 75.4 Å². The highest BCUT2D eigenvalue weighted by atomic mass is 16.6. The third-order valence-corrected chi connectivity index (χ3v) is 3.60. The highest BCUT2D eigenvalue weighted by Gasteiger charge is 2.11. The highest BCUT2D eigenvalue weighted by molar-refractivity contribution is 5.42. The predicted octanol–water partition coefficient (Wildman–Crippen LogP) is 3.03. The van der Waals surface area contributed by atoms with Gasteiger partial charge in [-0.1, -0.05) is 42.0 Å². The lowest BCUT2D eigenvalue weighted by atomic mass is 10.1. The van der Waals surface area contributed by atoms with Gasteiger partial charge in [0.25, 0.3) is 5.69 Å². The van der Waals surface area contributed by atoms with Gasteiger partial charge in [0, 0.05) is 24.7 Å². The molecule has 22 heavy (non-hydrogen) atoms. The largest absolute Gasteiger partial charge is 0.387 e. The predicted molar refractivity (Wildman–Crippen MR) is 85.7 cm³/mol. The number of nitrogens with one attached hydrogen (secondary N) is 1. The number of nitrogens with zero attached hydrogens (tertiary/aromatic N) is 1. The highest BCUT2D eigenvalue weighted by Crippen LogP contribution is 2.19. The molecule has 2 rings (SSSR count). The molecule has 116 valence electrons. The lowest BCUT2D eigenvalue weighted by Gasteiger charge is -2.12. The van der Waals surface area contributed by atoms with Crippen molar-refractivity contribution in [3.05, 3.63) is 74.8 Å². The first-order valence-corrected chi connectivity index (χ1v) is 7.16. The summed E-state index contributed by atoms with van der Waals surface area (Å²) in [4.78, 5) is 10.5. The van der Waals surface area contributed by atoms with Gasteiger partial charge >= 0.3 is 0 Å². The molecule has 0 bridgehead atoms. The molecule has 0 aliphatic rings. The Labute approximate surface area is 129 Å². The van der Waals surface area contributed by atoms with Crippen molar-refractivity contribution in [2.24, 2.45) is 0 Å². The number of aryl methyl sites for hydroxylation is 2. The molecule has 1 atom stereocenters. The Hall–Kier alpha value is -2.24. The summed E-state index contributed by atoms with van der Waals surface area (Å²) in [5.74, 6) is 0. The first-order valence-electron chi connectivity index (χ1n) is 7.16. The maximum absolute atomic E-state index is 10.9. The molecule has 0 radical (unpaired) electrons. The Morgan fingerprint density at radius 2 is 1.86 bits per heavy atom. The number of aliphatic hydroxyl groups is 1. The van der Waals surface area contributed by atoms with Crippen LogP contribution in [-0.2, 0) is 6.54 Å². The van der Waals surface area contributed by atoms with Gasteiger partial charge in [0.15, 0.2) is 0 Å². The molecule has 0 heterocycles. The van der Waals surface area contributed by atoms with Crippen LogP contribution in [0.25, 0.3) is 0 Å². The molecule has 2 aromatic rings. The SMILES string of the molecule is Cc1ccc(C(O)CNCc2ccc(C)c([N+](=O)[O-])c2)cc1. The summed E-state index contributed by atoms with van der Waals surface area (Å²) in [6.45, 7) is 4.59. The van der Waals surface area contributed by atoms with Gasteiger partial charge in [0.05, 0.1) is 11.0 Å². The zero-order valence-corrected chi connectivity index (χ0v) is 12.7. The molecule has 2 aromatic carbocycles. The van der Waals surface area contributed by atoms with Crippen molar-refractivity contribution in [2.45, 2.75) is 26.5 Å². The number of rotatable bonds is 6. The fraction of sp³-hybridized carbons (Fsp3) is 0.294. The van der Waals surface area contributed by atoms with Crippen LogP contribution in [0.5, 0.6) is 0 Å². The second-order valence-corrected chi connectivity index (χ2v) is 5.44. The van der Waals surface area contributed by atoms with E-state index in [0.29, 0.717) is 18.7 Å².